The number of hydrogen-bond donors (Lipinski definition) is 1. The zero-order valence-corrected chi connectivity index (χ0v) is 6.33. The van der Waals surface area contributed by atoms with Crippen LogP contribution in [-0.2, 0) is 0 Å². The molecule has 2 aliphatic rings. The van der Waals surface area contributed by atoms with Crippen LogP contribution in [0.25, 0.3) is 0 Å². The van der Waals surface area contributed by atoms with E-state index in [4.69, 9.17) is 5.21 Å². The molecule has 0 aromatic heterocycles. The molecule has 2 aliphatic carbocycles. The van der Waals surface area contributed by atoms with Gasteiger partial charge in [-0.05, 0) is 19.3 Å². The summed E-state index contributed by atoms with van der Waals surface area (Å²) >= 11 is 0. The third-order valence-electron chi connectivity index (χ3n) is 2.47. The van der Waals surface area contributed by atoms with Crippen LogP contribution in [0.1, 0.15) is 19.3 Å². The Morgan fingerprint density at radius 1 is 1.45 bits per heavy atom. The molecule has 1 saturated carbocycles. The molecule has 1 atom stereocenters. The standard InChI is InChI=1S/C9H11NO/c11-10-9-6-5-7-3-1-2-4-8(7)9/h1-3,8,11H,4-6H2. The Morgan fingerprint density at radius 3 is 3.18 bits per heavy atom. The highest BCUT2D eigenvalue weighted by atomic mass is 16.4. The molecule has 0 heterocycles. The summed E-state index contributed by atoms with van der Waals surface area (Å²) < 4.78 is 0. The van der Waals surface area contributed by atoms with Crippen LogP contribution < -0.4 is 0 Å². The quantitative estimate of drug-likeness (QED) is 0.415. The number of oxime groups is 1. The first-order valence-electron chi connectivity index (χ1n) is 3.98. The van der Waals surface area contributed by atoms with Gasteiger partial charge in [0, 0.05) is 5.92 Å². The van der Waals surface area contributed by atoms with E-state index in [2.05, 4.69) is 23.4 Å². The molecule has 0 amide bonds. The van der Waals surface area contributed by atoms with Gasteiger partial charge in [-0.1, -0.05) is 29.0 Å². The van der Waals surface area contributed by atoms with Crippen molar-refractivity contribution in [1.82, 2.24) is 0 Å². The van der Waals surface area contributed by atoms with E-state index in [1.807, 2.05) is 0 Å². The number of fused-ring (bicyclic) bond motifs is 1. The summed E-state index contributed by atoms with van der Waals surface area (Å²) in [4.78, 5) is 0. The van der Waals surface area contributed by atoms with Crippen LogP contribution in [0.3, 0.4) is 0 Å². The summed E-state index contributed by atoms with van der Waals surface area (Å²) in [7, 11) is 0. The average molecular weight is 149 g/mol. The second-order valence-corrected chi connectivity index (χ2v) is 3.05. The maximum Gasteiger partial charge on any atom is 0.0648 e. The molecule has 0 radical (unpaired) electrons. The van der Waals surface area contributed by atoms with E-state index < -0.39 is 0 Å². The minimum Gasteiger partial charge on any atom is -0.411 e. The van der Waals surface area contributed by atoms with Gasteiger partial charge >= 0.3 is 0 Å². The lowest BCUT2D eigenvalue weighted by atomic mass is 9.94. The molecule has 2 heteroatoms. The van der Waals surface area contributed by atoms with Gasteiger partial charge in [0.25, 0.3) is 0 Å². The van der Waals surface area contributed by atoms with Gasteiger partial charge in [-0.2, -0.15) is 0 Å². The zero-order valence-electron chi connectivity index (χ0n) is 6.33. The van der Waals surface area contributed by atoms with Gasteiger partial charge in [0.05, 0.1) is 5.71 Å². The monoisotopic (exact) mass is 149 g/mol. The van der Waals surface area contributed by atoms with Crippen molar-refractivity contribution >= 4 is 5.71 Å². The predicted octanol–water partition coefficient (Wildman–Crippen LogP) is 2.11. The molecule has 1 N–H and O–H groups in total. The molecule has 0 spiro atoms. The predicted molar refractivity (Wildman–Crippen MR) is 43.8 cm³/mol. The first-order valence-corrected chi connectivity index (χ1v) is 3.98. The minimum absolute atomic E-state index is 0.421. The van der Waals surface area contributed by atoms with Crippen LogP contribution in [0.15, 0.2) is 29.0 Å². The van der Waals surface area contributed by atoms with Crippen LogP contribution >= 0.6 is 0 Å². The first kappa shape index (κ1) is 6.65. The van der Waals surface area contributed by atoms with Crippen molar-refractivity contribution in [1.29, 1.82) is 0 Å². The van der Waals surface area contributed by atoms with Gasteiger partial charge in [0.15, 0.2) is 0 Å². The summed E-state index contributed by atoms with van der Waals surface area (Å²) in [6.07, 6.45) is 9.40. The van der Waals surface area contributed by atoms with E-state index >= 15 is 0 Å². The molecule has 0 aromatic rings. The number of allylic oxidation sites excluding steroid dienone is 4. The third-order valence-corrected chi connectivity index (χ3v) is 2.47. The normalized spacial score (nSPS) is 32.2. The van der Waals surface area contributed by atoms with Gasteiger partial charge in [0.1, 0.15) is 0 Å². The van der Waals surface area contributed by atoms with Crippen LogP contribution in [-0.4, -0.2) is 10.9 Å². The van der Waals surface area contributed by atoms with Gasteiger partial charge in [-0.15, -0.1) is 0 Å². The summed E-state index contributed by atoms with van der Waals surface area (Å²) in [5, 5.41) is 12.0. The van der Waals surface area contributed by atoms with Crippen molar-refractivity contribution in [3.8, 4) is 0 Å². The molecular weight excluding hydrogens is 138 g/mol. The lowest BCUT2D eigenvalue weighted by Gasteiger charge is -2.11. The second kappa shape index (κ2) is 2.53. The fourth-order valence-corrected chi connectivity index (χ4v) is 1.85. The minimum atomic E-state index is 0.421. The van der Waals surface area contributed by atoms with Crippen LogP contribution in [0.2, 0.25) is 0 Å². The topological polar surface area (TPSA) is 32.6 Å². The molecular formula is C9H11NO. The van der Waals surface area contributed by atoms with Crippen molar-refractivity contribution < 1.29 is 5.21 Å². The summed E-state index contributed by atoms with van der Waals surface area (Å²) in [6, 6.07) is 0. The summed E-state index contributed by atoms with van der Waals surface area (Å²) in [6.45, 7) is 0. The molecule has 2 nitrogen and oxygen atoms in total. The Kier molecular flexibility index (Phi) is 1.53. The largest absolute Gasteiger partial charge is 0.411 e. The maximum absolute atomic E-state index is 8.64. The average Bonchev–Trinajstić information content (AvgIpc) is 2.47. The maximum atomic E-state index is 8.64. The molecule has 1 fully saturated rings. The van der Waals surface area contributed by atoms with Crippen molar-refractivity contribution in [2.75, 3.05) is 0 Å². The van der Waals surface area contributed by atoms with Crippen molar-refractivity contribution in [3.05, 3.63) is 23.8 Å². The van der Waals surface area contributed by atoms with Crippen molar-refractivity contribution in [2.45, 2.75) is 19.3 Å². The number of rotatable bonds is 0. The molecule has 0 aliphatic heterocycles. The fraction of sp³-hybridized carbons (Fsp3) is 0.444. The van der Waals surface area contributed by atoms with Crippen LogP contribution in [0.4, 0.5) is 0 Å². The third kappa shape index (κ3) is 0.985. The SMILES string of the molecule is ON=C1CCC2=CC=CCC21. The Morgan fingerprint density at radius 2 is 2.36 bits per heavy atom. The van der Waals surface area contributed by atoms with Gasteiger partial charge in [-0.25, -0.2) is 0 Å². The Labute approximate surface area is 65.9 Å². The highest BCUT2D eigenvalue weighted by molar-refractivity contribution is 5.92. The highest BCUT2D eigenvalue weighted by Gasteiger charge is 2.27. The van der Waals surface area contributed by atoms with E-state index in [0.717, 1.165) is 25.0 Å². The Bertz CT molecular complexity index is 250. The molecule has 1 unspecified atom stereocenters. The lowest BCUT2D eigenvalue weighted by molar-refractivity contribution is 0.315. The summed E-state index contributed by atoms with van der Waals surface area (Å²) in [5.74, 6) is 0.421. The van der Waals surface area contributed by atoms with Crippen LogP contribution in [0.5, 0.6) is 0 Å². The smallest absolute Gasteiger partial charge is 0.0648 e. The first-order chi connectivity index (χ1) is 5.42. The van der Waals surface area contributed by atoms with Gasteiger partial charge < -0.3 is 5.21 Å². The molecule has 0 bridgehead atoms. The fourth-order valence-electron chi connectivity index (χ4n) is 1.85. The molecule has 58 valence electrons. The molecule has 0 saturated heterocycles. The number of nitrogens with zero attached hydrogens (tertiary/aromatic N) is 1. The lowest BCUT2D eigenvalue weighted by Crippen LogP contribution is -2.08. The van der Waals surface area contributed by atoms with Crippen LogP contribution in [0, 0.1) is 5.92 Å². The van der Waals surface area contributed by atoms with Gasteiger partial charge in [0.2, 0.25) is 0 Å². The van der Waals surface area contributed by atoms with E-state index in [0.29, 0.717) is 5.92 Å². The van der Waals surface area contributed by atoms with E-state index in [1.165, 1.54) is 5.57 Å². The van der Waals surface area contributed by atoms with E-state index in [-0.39, 0.29) is 0 Å². The zero-order chi connectivity index (χ0) is 7.68. The summed E-state index contributed by atoms with van der Waals surface area (Å²) in [5.41, 5.74) is 2.39. The Hall–Kier alpha value is -1.05. The molecule has 0 aromatic carbocycles. The van der Waals surface area contributed by atoms with Crippen molar-refractivity contribution in [3.63, 3.8) is 0 Å². The Balaban J connectivity index is 2.28. The van der Waals surface area contributed by atoms with Crippen molar-refractivity contribution in [2.24, 2.45) is 11.1 Å². The molecule has 11 heavy (non-hydrogen) atoms. The highest BCUT2D eigenvalue weighted by Crippen LogP contribution is 2.33. The van der Waals surface area contributed by atoms with E-state index in [9.17, 15) is 0 Å². The van der Waals surface area contributed by atoms with Gasteiger partial charge in [-0.3, -0.25) is 0 Å². The molecule has 2 rings (SSSR count). The number of hydrogen-bond acceptors (Lipinski definition) is 2. The second-order valence-electron chi connectivity index (χ2n) is 3.05. The van der Waals surface area contributed by atoms with E-state index in [1.54, 1.807) is 0 Å².